The highest BCUT2D eigenvalue weighted by Gasteiger charge is 2.52. The third-order valence-electron chi connectivity index (χ3n) is 5.75. The number of carbonyl (C=O) groups excluding carboxylic acids is 1. The zero-order chi connectivity index (χ0) is 19.7. The SMILES string of the molecule is CC1(C)OB(c2cnc(N[C@@H]3CCCC[C@@H]3NC(=O)CCl)nc2)OC1(C)C. The Kier molecular flexibility index (Phi) is 5.98. The molecule has 1 saturated heterocycles. The lowest BCUT2D eigenvalue weighted by Gasteiger charge is -2.32. The Morgan fingerprint density at radius 3 is 2.26 bits per heavy atom. The van der Waals surface area contributed by atoms with Crippen molar-refractivity contribution >= 4 is 36.0 Å². The molecule has 2 fully saturated rings. The molecule has 3 rings (SSSR count). The highest BCUT2D eigenvalue weighted by molar-refractivity contribution is 6.61. The molecular formula is C18H28BClN4O3. The molecule has 2 aliphatic rings. The number of carbonyl (C=O) groups is 1. The van der Waals surface area contributed by atoms with E-state index in [9.17, 15) is 4.79 Å². The van der Waals surface area contributed by atoms with Crippen LogP contribution >= 0.6 is 11.6 Å². The third kappa shape index (κ3) is 4.55. The molecule has 0 aromatic carbocycles. The molecule has 1 aromatic rings. The second kappa shape index (κ2) is 7.93. The Hall–Kier alpha value is -1.38. The topological polar surface area (TPSA) is 85.4 Å². The number of halogens is 1. The smallest absolute Gasteiger partial charge is 0.399 e. The summed E-state index contributed by atoms with van der Waals surface area (Å²) in [5.41, 5.74) is -0.00967. The average molecular weight is 395 g/mol. The van der Waals surface area contributed by atoms with Crippen molar-refractivity contribution in [2.75, 3.05) is 11.2 Å². The Bertz CT molecular complexity index is 655. The molecule has 0 spiro atoms. The summed E-state index contributed by atoms with van der Waals surface area (Å²) >= 11 is 5.62. The van der Waals surface area contributed by atoms with Crippen LogP contribution in [-0.4, -0.2) is 52.2 Å². The molecule has 9 heteroatoms. The summed E-state index contributed by atoms with van der Waals surface area (Å²) in [7, 11) is -0.477. The Labute approximate surface area is 166 Å². The number of hydrogen-bond acceptors (Lipinski definition) is 6. The minimum absolute atomic E-state index is 0.0253. The van der Waals surface area contributed by atoms with E-state index in [4.69, 9.17) is 20.9 Å². The fraction of sp³-hybridized carbons (Fsp3) is 0.722. The molecule has 2 heterocycles. The molecule has 1 aliphatic carbocycles. The second-order valence-corrected chi connectivity index (χ2v) is 8.54. The van der Waals surface area contributed by atoms with E-state index in [0.717, 1.165) is 31.1 Å². The van der Waals surface area contributed by atoms with Crippen molar-refractivity contribution in [1.82, 2.24) is 15.3 Å². The quantitative estimate of drug-likeness (QED) is 0.585. The lowest BCUT2D eigenvalue weighted by Crippen LogP contribution is -2.49. The molecule has 1 aliphatic heterocycles. The standard InChI is InChI=1S/C18H28BClN4O3/c1-17(2)18(3,4)27-19(26-17)12-10-21-16(22-11-12)24-14-8-6-5-7-13(14)23-15(25)9-20/h10-11,13-14H,5-9H2,1-4H3,(H,23,25)(H,21,22,24)/t13-,14+/m0/s1. The number of hydrogen-bond donors (Lipinski definition) is 2. The van der Waals surface area contributed by atoms with Crippen LogP contribution in [0.3, 0.4) is 0 Å². The van der Waals surface area contributed by atoms with Crippen LogP contribution in [0.15, 0.2) is 12.4 Å². The van der Waals surface area contributed by atoms with Gasteiger partial charge in [0.2, 0.25) is 11.9 Å². The van der Waals surface area contributed by atoms with Gasteiger partial charge in [-0.25, -0.2) is 9.97 Å². The Balaban J connectivity index is 1.64. The maximum absolute atomic E-state index is 11.6. The highest BCUT2D eigenvalue weighted by atomic mass is 35.5. The van der Waals surface area contributed by atoms with Crippen molar-refractivity contribution in [2.24, 2.45) is 0 Å². The molecule has 1 aromatic heterocycles. The molecule has 0 bridgehead atoms. The molecule has 0 radical (unpaired) electrons. The van der Waals surface area contributed by atoms with Gasteiger partial charge in [0.25, 0.3) is 0 Å². The lowest BCUT2D eigenvalue weighted by molar-refractivity contribution is -0.119. The maximum atomic E-state index is 11.6. The van der Waals surface area contributed by atoms with Gasteiger partial charge in [-0.15, -0.1) is 11.6 Å². The van der Waals surface area contributed by atoms with Gasteiger partial charge in [-0.05, 0) is 40.5 Å². The molecule has 0 unspecified atom stereocenters. The van der Waals surface area contributed by atoms with E-state index in [1.54, 1.807) is 12.4 Å². The predicted octanol–water partition coefficient (Wildman–Crippen LogP) is 1.85. The Morgan fingerprint density at radius 1 is 1.15 bits per heavy atom. The molecule has 2 N–H and O–H groups in total. The summed E-state index contributed by atoms with van der Waals surface area (Å²) in [6.45, 7) is 8.06. The average Bonchev–Trinajstić information content (AvgIpc) is 2.85. The number of alkyl halides is 1. The van der Waals surface area contributed by atoms with Crippen LogP contribution in [-0.2, 0) is 14.1 Å². The van der Waals surface area contributed by atoms with Gasteiger partial charge in [-0.2, -0.15) is 0 Å². The molecule has 1 saturated carbocycles. The van der Waals surface area contributed by atoms with E-state index >= 15 is 0 Å². The number of amides is 1. The van der Waals surface area contributed by atoms with Crippen molar-refractivity contribution in [3.8, 4) is 0 Å². The van der Waals surface area contributed by atoms with Crippen molar-refractivity contribution in [3.05, 3.63) is 12.4 Å². The molecular weight excluding hydrogens is 366 g/mol. The number of nitrogens with one attached hydrogen (secondary N) is 2. The van der Waals surface area contributed by atoms with Crippen molar-refractivity contribution in [2.45, 2.75) is 76.7 Å². The van der Waals surface area contributed by atoms with Gasteiger partial charge in [0.05, 0.1) is 11.2 Å². The van der Waals surface area contributed by atoms with Crippen molar-refractivity contribution in [3.63, 3.8) is 0 Å². The lowest BCUT2D eigenvalue weighted by atomic mass is 9.81. The van der Waals surface area contributed by atoms with Gasteiger partial charge >= 0.3 is 7.12 Å². The van der Waals surface area contributed by atoms with Gasteiger partial charge < -0.3 is 19.9 Å². The Morgan fingerprint density at radius 2 is 1.70 bits per heavy atom. The minimum atomic E-state index is -0.477. The minimum Gasteiger partial charge on any atom is -0.399 e. The summed E-state index contributed by atoms with van der Waals surface area (Å²) in [5.74, 6) is 0.363. The summed E-state index contributed by atoms with van der Waals surface area (Å²) in [6, 6.07) is 0.130. The third-order valence-corrected chi connectivity index (χ3v) is 5.99. The number of aromatic nitrogens is 2. The van der Waals surface area contributed by atoms with Crippen LogP contribution in [0, 0.1) is 0 Å². The van der Waals surface area contributed by atoms with Crippen LogP contribution in [0.25, 0.3) is 0 Å². The first kappa shape index (κ1) is 20.4. The number of anilines is 1. The van der Waals surface area contributed by atoms with Gasteiger partial charge in [0.15, 0.2) is 0 Å². The zero-order valence-electron chi connectivity index (χ0n) is 16.4. The van der Waals surface area contributed by atoms with Crippen molar-refractivity contribution < 1.29 is 14.1 Å². The molecule has 7 nitrogen and oxygen atoms in total. The maximum Gasteiger partial charge on any atom is 0.498 e. The second-order valence-electron chi connectivity index (χ2n) is 8.27. The van der Waals surface area contributed by atoms with E-state index in [2.05, 4.69) is 20.6 Å². The highest BCUT2D eigenvalue weighted by Crippen LogP contribution is 2.36. The van der Waals surface area contributed by atoms with E-state index < -0.39 is 18.3 Å². The number of rotatable bonds is 5. The predicted molar refractivity (Wildman–Crippen MR) is 106 cm³/mol. The van der Waals surface area contributed by atoms with Gasteiger partial charge in [-0.1, -0.05) is 12.8 Å². The molecule has 27 heavy (non-hydrogen) atoms. The van der Waals surface area contributed by atoms with Crippen LogP contribution in [0.2, 0.25) is 0 Å². The van der Waals surface area contributed by atoms with Crippen molar-refractivity contribution in [1.29, 1.82) is 0 Å². The fourth-order valence-corrected chi connectivity index (χ4v) is 3.48. The van der Waals surface area contributed by atoms with Crippen LogP contribution in [0.5, 0.6) is 0 Å². The summed E-state index contributed by atoms with van der Waals surface area (Å²) in [4.78, 5) is 20.5. The first-order valence-corrected chi connectivity index (χ1v) is 10.0. The first-order chi connectivity index (χ1) is 12.7. The van der Waals surface area contributed by atoms with Gasteiger partial charge in [0, 0.05) is 29.9 Å². The zero-order valence-corrected chi connectivity index (χ0v) is 17.2. The largest absolute Gasteiger partial charge is 0.498 e. The van der Waals surface area contributed by atoms with Crippen LogP contribution in [0.4, 0.5) is 5.95 Å². The van der Waals surface area contributed by atoms with E-state index in [1.165, 1.54) is 0 Å². The fourth-order valence-electron chi connectivity index (χ4n) is 3.40. The van der Waals surface area contributed by atoms with E-state index in [-0.39, 0.29) is 23.9 Å². The van der Waals surface area contributed by atoms with Crippen LogP contribution in [0.1, 0.15) is 53.4 Å². The van der Waals surface area contributed by atoms with Crippen LogP contribution < -0.4 is 16.1 Å². The first-order valence-electron chi connectivity index (χ1n) is 9.51. The van der Waals surface area contributed by atoms with Gasteiger partial charge in [0.1, 0.15) is 5.88 Å². The van der Waals surface area contributed by atoms with E-state index in [0.29, 0.717) is 5.95 Å². The molecule has 148 valence electrons. The summed E-state index contributed by atoms with van der Waals surface area (Å²) in [5, 5.41) is 6.33. The molecule has 2 atom stereocenters. The summed E-state index contributed by atoms with van der Waals surface area (Å²) in [6.07, 6.45) is 7.53. The molecule has 1 amide bonds. The number of nitrogens with zero attached hydrogens (tertiary/aromatic N) is 2. The summed E-state index contributed by atoms with van der Waals surface area (Å²) < 4.78 is 12.1. The normalized spacial score (nSPS) is 26.6. The van der Waals surface area contributed by atoms with E-state index in [1.807, 2.05) is 27.7 Å². The monoisotopic (exact) mass is 394 g/mol. The van der Waals surface area contributed by atoms with Gasteiger partial charge in [-0.3, -0.25) is 4.79 Å².